The number of benzene rings is 4. The van der Waals surface area contributed by atoms with Crippen molar-refractivity contribution in [2.45, 2.75) is 18.6 Å². The lowest BCUT2D eigenvalue weighted by Gasteiger charge is -2.23. The first-order chi connectivity index (χ1) is 16.4. The quantitative estimate of drug-likeness (QED) is 0.258. The molecule has 0 saturated carbocycles. The van der Waals surface area contributed by atoms with Gasteiger partial charge in [0.15, 0.2) is 11.4 Å². The molecule has 0 unspecified atom stereocenters. The molecular formula is C27H20N2O5. The SMILES string of the molecule is O=C(C[C@@]1(O)C(=O)N(Cc2cccc3ccccc23)c2ccccc21)c1ccc([N+](=O)[O-])cc1. The predicted molar refractivity (Wildman–Crippen MR) is 128 cm³/mol. The van der Waals surface area contributed by atoms with Crippen molar-refractivity contribution in [3.63, 3.8) is 0 Å². The number of rotatable bonds is 6. The van der Waals surface area contributed by atoms with Crippen LogP contribution in [-0.4, -0.2) is 21.7 Å². The fraction of sp³-hybridized carbons (Fsp3) is 0.111. The van der Waals surface area contributed by atoms with Crippen molar-refractivity contribution in [2.75, 3.05) is 4.90 Å². The van der Waals surface area contributed by atoms with Gasteiger partial charge in [-0.1, -0.05) is 60.7 Å². The number of nitrogens with zero attached hydrogens (tertiary/aromatic N) is 2. The Morgan fingerprint density at radius 1 is 0.912 bits per heavy atom. The number of aliphatic hydroxyl groups is 1. The van der Waals surface area contributed by atoms with Crippen LogP contribution in [-0.2, 0) is 16.9 Å². The van der Waals surface area contributed by atoms with Crippen LogP contribution < -0.4 is 4.90 Å². The molecule has 1 aliphatic heterocycles. The molecule has 7 nitrogen and oxygen atoms in total. The summed E-state index contributed by atoms with van der Waals surface area (Å²) < 4.78 is 0. The minimum atomic E-state index is -2.03. The van der Waals surface area contributed by atoms with Crippen molar-refractivity contribution < 1.29 is 19.6 Å². The Balaban J connectivity index is 1.48. The maximum Gasteiger partial charge on any atom is 0.269 e. The van der Waals surface area contributed by atoms with E-state index >= 15 is 0 Å². The van der Waals surface area contributed by atoms with Gasteiger partial charge in [-0.05, 0) is 34.5 Å². The zero-order valence-electron chi connectivity index (χ0n) is 18.0. The smallest absolute Gasteiger partial charge is 0.269 e. The Morgan fingerprint density at radius 2 is 1.59 bits per heavy atom. The number of anilines is 1. The van der Waals surface area contributed by atoms with Gasteiger partial charge in [0.25, 0.3) is 11.6 Å². The Kier molecular flexibility index (Phi) is 5.18. The monoisotopic (exact) mass is 452 g/mol. The third kappa shape index (κ3) is 3.52. The summed E-state index contributed by atoms with van der Waals surface area (Å²) in [5.74, 6) is -1.05. The fourth-order valence-electron chi connectivity index (χ4n) is 4.54. The number of ketones is 1. The molecule has 0 radical (unpaired) electrons. The molecule has 4 aromatic rings. The largest absolute Gasteiger partial charge is 0.375 e. The van der Waals surface area contributed by atoms with Crippen LogP contribution >= 0.6 is 0 Å². The first-order valence-electron chi connectivity index (χ1n) is 10.8. The highest BCUT2D eigenvalue weighted by molar-refractivity contribution is 6.11. The van der Waals surface area contributed by atoms with Gasteiger partial charge < -0.3 is 10.0 Å². The molecule has 1 heterocycles. The normalized spacial score (nSPS) is 17.1. The summed E-state index contributed by atoms with van der Waals surface area (Å²) >= 11 is 0. The molecule has 0 spiro atoms. The van der Waals surface area contributed by atoms with Gasteiger partial charge in [0.05, 0.1) is 23.6 Å². The highest BCUT2D eigenvalue weighted by atomic mass is 16.6. The van der Waals surface area contributed by atoms with Gasteiger partial charge in [0, 0.05) is 23.3 Å². The average Bonchev–Trinajstić information content (AvgIpc) is 3.06. The van der Waals surface area contributed by atoms with Crippen LogP contribution in [0.4, 0.5) is 11.4 Å². The Morgan fingerprint density at radius 3 is 2.35 bits per heavy atom. The molecule has 7 heteroatoms. The molecule has 0 saturated heterocycles. The summed E-state index contributed by atoms with van der Waals surface area (Å²) in [5.41, 5.74) is -0.127. The zero-order chi connectivity index (χ0) is 23.9. The van der Waals surface area contributed by atoms with Crippen LogP contribution in [0, 0.1) is 10.1 Å². The maximum absolute atomic E-state index is 13.6. The molecule has 0 aromatic heterocycles. The Bertz CT molecular complexity index is 1440. The minimum absolute atomic E-state index is 0.140. The number of amides is 1. The molecule has 1 aliphatic rings. The number of fused-ring (bicyclic) bond motifs is 2. The number of nitro groups is 1. The first kappa shape index (κ1) is 21.5. The summed E-state index contributed by atoms with van der Waals surface area (Å²) in [6, 6.07) is 25.8. The van der Waals surface area contributed by atoms with E-state index in [1.54, 1.807) is 24.3 Å². The van der Waals surface area contributed by atoms with E-state index in [1.165, 1.54) is 29.2 Å². The second kappa shape index (κ2) is 8.20. The maximum atomic E-state index is 13.6. The molecule has 168 valence electrons. The molecule has 1 atom stereocenters. The van der Waals surface area contributed by atoms with E-state index in [0.29, 0.717) is 11.3 Å². The van der Waals surface area contributed by atoms with E-state index in [9.17, 15) is 24.8 Å². The average molecular weight is 452 g/mol. The second-order valence-electron chi connectivity index (χ2n) is 8.31. The summed E-state index contributed by atoms with van der Waals surface area (Å²) in [4.78, 5) is 38.4. The van der Waals surface area contributed by atoms with Gasteiger partial charge in [-0.3, -0.25) is 19.7 Å². The van der Waals surface area contributed by atoms with Crippen LogP contribution in [0.25, 0.3) is 10.8 Å². The van der Waals surface area contributed by atoms with Crippen molar-refractivity contribution in [2.24, 2.45) is 0 Å². The third-order valence-electron chi connectivity index (χ3n) is 6.26. The van der Waals surface area contributed by atoms with E-state index in [2.05, 4.69) is 0 Å². The number of Topliss-reactive ketones (excluding diaryl/α,β-unsaturated/α-hetero) is 1. The van der Waals surface area contributed by atoms with E-state index in [0.717, 1.165) is 16.3 Å². The molecule has 0 aliphatic carbocycles. The molecule has 1 amide bonds. The van der Waals surface area contributed by atoms with E-state index in [-0.39, 0.29) is 17.8 Å². The molecule has 4 aromatic carbocycles. The van der Waals surface area contributed by atoms with Crippen molar-refractivity contribution in [3.05, 3.63) is 118 Å². The standard InChI is InChI=1S/C27H20N2O5/c30-25(19-12-14-21(15-13-19)29(33)34)16-27(32)23-10-3-4-11-24(23)28(26(27)31)17-20-8-5-7-18-6-1-2-9-22(18)20/h1-15,32H,16-17H2/t27-/m0/s1. The van der Waals surface area contributed by atoms with Crippen LogP contribution in [0.2, 0.25) is 0 Å². The van der Waals surface area contributed by atoms with Crippen LogP contribution in [0.3, 0.4) is 0 Å². The van der Waals surface area contributed by atoms with E-state index in [1.807, 2.05) is 42.5 Å². The third-order valence-corrected chi connectivity index (χ3v) is 6.26. The predicted octanol–water partition coefficient (Wildman–Crippen LogP) is 4.76. The van der Waals surface area contributed by atoms with Gasteiger partial charge in [0.1, 0.15) is 0 Å². The fourth-order valence-corrected chi connectivity index (χ4v) is 4.54. The summed E-state index contributed by atoms with van der Waals surface area (Å²) in [6.45, 7) is 0.241. The minimum Gasteiger partial charge on any atom is -0.375 e. The first-order valence-corrected chi connectivity index (χ1v) is 10.8. The molecule has 5 rings (SSSR count). The summed E-state index contributed by atoms with van der Waals surface area (Å²) in [7, 11) is 0. The van der Waals surface area contributed by atoms with Gasteiger partial charge in [0.2, 0.25) is 0 Å². The zero-order valence-corrected chi connectivity index (χ0v) is 18.0. The van der Waals surface area contributed by atoms with Crippen molar-refractivity contribution >= 4 is 33.8 Å². The number of hydrogen-bond donors (Lipinski definition) is 1. The Hall–Kier alpha value is -4.36. The highest BCUT2D eigenvalue weighted by Gasteiger charge is 2.50. The summed E-state index contributed by atoms with van der Waals surface area (Å²) in [6.07, 6.45) is -0.466. The van der Waals surface area contributed by atoms with E-state index in [4.69, 9.17) is 0 Å². The van der Waals surface area contributed by atoms with Gasteiger partial charge in [-0.15, -0.1) is 0 Å². The lowest BCUT2D eigenvalue weighted by molar-refractivity contribution is -0.384. The summed E-state index contributed by atoms with van der Waals surface area (Å²) in [5, 5.41) is 24.5. The molecule has 0 fully saturated rings. The number of carbonyl (C=O) groups is 2. The number of hydrogen-bond acceptors (Lipinski definition) is 5. The number of carbonyl (C=O) groups excluding carboxylic acids is 2. The second-order valence-corrected chi connectivity index (χ2v) is 8.31. The van der Waals surface area contributed by atoms with Gasteiger partial charge in [-0.2, -0.15) is 0 Å². The number of para-hydroxylation sites is 1. The van der Waals surface area contributed by atoms with Crippen molar-refractivity contribution in [1.82, 2.24) is 0 Å². The van der Waals surface area contributed by atoms with Crippen molar-refractivity contribution in [3.8, 4) is 0 Å². The number of nitro benzene ring substituents is 1. The van der Waals surface area contributed by atoms with Crippen molar-refractivity contribution in [1.29, 1.82) is 0 Å². The van der Waals surface area contributed by atoms with Crippen LogP contribution in [0.15, 0.2) is 91.0 Å². The van der Waals surface area contributed by atoms with Crippen LogP contribution in [0.1, 0.15) is 27.9 Å². The van der Waals surface area contributed by atoms with E-state index < -0.39 is 28.6 Å². The lowest BCUT2D eigenvalue weighted by Crippen LogP contribution is -2.41. The number of non-ortho nitro benzene ring substituents is 1. The molecule has 0 bridgehead atoms. The van der Waals surface area contributed by atoms with Gasteiger partial charge >= 0.3 is 0 Å². The molecular weight excluding hydrogens is 432 g/mol. The topological polar surface area (TPSA) is 101 Å². The molecule has 34 heavy (non-hydrogen) atoms. The highest BCUT2D eigenvalue weighted by Crippen LogP contribution is 2.44. The lowest BCUT2D eigenvalue weighted by atomic mass is 9.88. The molecule has 1 N–H and O–H groups in total. The van der Waals surface area contributed by atoms with Gasteiger partial charge in [-0.25, -0.2) is 0 Å². The van der Waals surface area contributed by atoms with Crippen LogP contribution in [0.5, 0.6) is 0 Å². The Labute approximate surface area is 195 Å².